The van der Waals surface area contributed by atoms with Crippen LogP contribution in [0, 0.1) is 0 Å². The van der Waals surface area contributed by atoms with E-state index in [1.165, 1.54) is 23.6 Å². The number of halogens is 1. The number of rotatable bonds is 14. The third kappa shape index (κ3) is 8.71. The molecule has 2 aromatic carbocycles. The molecule has 1 saturated heterocycles. The number of thioether (sulfide) groups is 1. The molecule has 5 N–H and O–H groups in total. The molecule has 4 rings (SSSR count). The number of benzene rings is 2. The molecule has 0 aromatic heterocycles. The van der Waals surface area contributed by atoms with Crippen LogP contribution in [0.15, 0.2) is 41.3 Å². The van der Waals surface area contributed by atoms with Gasteiger partial charge in [0.05, 0.1) is 24.3 Å². The van der Waals surface area contributed by atoms with E-state index in [1.54, 1.807) is 19.2 Å². The minimum Gasteiger partial charge on any atom is -1.00 e. The van der Waals surface area contributed by atoms with E-state index in [9.17, 15) is 19.2 Å². The second kappa shape index (κ2) is 16.1. The number of nitrogens with zero attached hydrogens (tertiary/aromatic N) is 1. The molecule has 0 saturated carbocycles. The monoisotopic (exact) mass is 652 g/mol. The Kier molecular flexibility index (Phi) is 12.8. The number of hydrogen-bond acceptors (Lipinski definition) is 10. The van der Waals surface area contributed by atoms with Crippen LogP contribution >= 0.6 is 23.8 Å². The fourth-order valence-electron chi connectivity index (χ4n) is 4.97. The first kappa shape index (κ1) is 34.4. The zero-order valence-electron chi connectivity index (χ0n) is 23.6. The van der Waals surface area contributed by atoms with Gasteiger partial charge in [0.2, 0.25) is 23.6 Å². The molecule has 1 heterocycles. The van der Waals surface area contributed by atoms with E-state index < -0.39 is 11.2 Å². The molecule has 15 heteroatoms. The van der Waals surface area contributed by atoms with Crippen molar-refractivity contribution in [3.8, 4) is 11.1 Å². The minimum absolute atomic E-state index is 0. The van der Waals surface area contributed by atoms with Crippen LogP contribution in [0.2, 0.25) is 0 Å². The first-order chi connectivity index (χ1) is 20.2. The summed E-state index contributed by atoms with van der Waals surface area (Å²) in [6, 6.07) is 11.1. The Morgan fingerprint density at radius 2 is 1.86 bits per heavy atom. The molecule has 1 aliphatic heterocycles. The third-order valence-corrected chi connectivity index (χ3v) is 8.88. The lowest BCUT2D eigenvalue weighted by atomic mass is 9.97. The number of amides is 3. The molecule has 1 aliphatic carbocycles. The molecule has 43 heavy (non-hydrogen) atoms. The highest BCUT2D eigenvalue weighted by Gasteiger charge is 2.38. The van der Waals surface area contributed by atoms with E-state index in [4.69, 9.17) is 15.7 Å². The smallest absolute Gasteiger partial charge is 0.302 e. The van der Waals surface area contributed by atoms with Gasteiger partial charge in [-0.25, -0.2) is 5.26 Å². The maximum absolute atomic E-state index is 12.8. The van der Waals surface area contributed by atoms with Gasteiger partial charge in [-0.05, 0) is 58.7 Å². The summed E-state index contributed by atoms with van der Waals surface area (Å²) in [5.74, 6) is -0.209. The zero-order chi connectivity index (χ0) is 30.2. The molecule has 0 radical (unpaired) electrons. The maximum atomic E-state index is 12.8. The number of amidine groups is 1. The molecule has 3 amide bonds. The van der Waals surface area contributed by atoms with E-state index in [2.05, 4.69) is 19.7 Å². The normalized spacial score (nSPS) is 17.4. The lowest BCUT2D eigenvalue weighted by Gasteiger charge is -2.16. The Morgan fingerprint density at radius 1 is 1.14 bits per heavy atom. The van der Waals surface area contributed by atoms with Crippen molar-refractivity contribution in [1.29, 1.82) is 0 Å². The van der Waals surface area contributed by atoms with Crippen LogP contribution in [0.5, 0.6) is 0 Å². The van der Waals surface area contributed by atoms with Crippen LogP contribution in [0.3, 0.4) is 0 Å². The van der Waals surface area contributed by atoms with Gasteiger partial charge in [0, 0.05) is 49.2 Å². The highest BCUT2D eigenvalue weighted by atomic mass is 35.5. The highest BCUT2D eigenvalue weighted by Crippen LogP contribution is 2.47. The van der Waals surface area contributed by atoms with Crippen LogP contribution in [0.25, 0.3) is 11.1 Å². The van der Waals surface area contributed by atoms with Crippen LogP contribution in [0.4, 0.5) is 5.69 Å². The Hall–Kier alpha value is -3.14. The van der Waals surface area contributed by atoms with Crippen LogP contribution in [0.1, 0.15) is 49.7 Å². The van der Waals surface area contributed by atoms with Crippen LogP contribution in [-0.2, 0) is 33.3 Å². The summed E-state index contributed by atoms with van der Waals surface area (Å²) in [5.41, 5.74) is 9.92. The van der Waals surface area contributed by atoms with Gasteiger partial charge in [-0.1, -0.05) is 17.2 Å². The van der Waals surface area contributed by atoms with Crippen molar-refractivity contribution in [3.05, 3.63) is 47.5 Å². The van der Waals surface area contributed by atoms with Gasteiger partial charge in [0.15, 0.2) is 0 Å². The predicted octanol–water partition coefficient (Wildman–Crippen LogP) is -1.17. The van der Waals surface area contributed by atoms with Gasteiger partial charge in [-0.2, -0.15) is 0 Å². The maximum Gasteiger partial charge on any atom is 0.302 e. The van der Waals surface area contributed by atoms with E-state index in [1.807, 2.05) is 24.3 Å². The topological polar surface area (TPSA) is 171 Å². The fourth-order valence-corrected chi connectivity index (χ4v) is 6.50. The molecule has 2 unspecified atom stereocenters. The lowest BCUT2D eigenvalue weighted by molar-refractivity contribution is -0.432. The van der Waals surface area contributed by atoms with E-state index in [-0.39, 0.29) is 62.0 Å². The first-order valence-corrected chi connectivity index (χ1v) is 15.1. The summed E-state index contributed by atoms with van der Waals surface area (Å²) in [6.07, 6.45) is 1.57. The summed E-state index contributed by atoms with van der Waals surface area (Å²) in [6.45, 7) is 1.44. The van der Waals surface area contributed by atoms with Crippen molar-refractivity contribution in [2.45, 2.75) is 48.7 Å². The Morgan fingerprint density at radius 3 is 2.56 bits per heavy atom. The molecule has 2 aliphatic rings. The average Bonchev–Trinajstić information content (AvgIpc) is 3.42. The zero-order valence-corrected chi connectivity index (χ0v) is 26.0. The summed E-state index contributed by atoms with van der Waals surface area (Å²) in [5, 5.41) is 14.6. The van der Waals surface area contributed by atoms with Gasteiger partial charge >= 0.3 is 5.97 Å². The summed E-state index contributed by atoms with van der Waals surface area (Å²) >= 11 is 2.27. The van der Waals surface area contributed by atoms with Gasteiger partial charge in [0.1, 0.15) is 6.61 Å². The summed E-state index contributed by atoms with van der Waals surface area (Å²) in [7, 11) is 1.75. The predicted molar refractivity (Wildman–Crippen MR) is 157 cm³/mol. The summed E-state index contributed by atoms with van der Waals surface area (Å²) < 4.78 is 9.89. The van der Waals surface area contributed by atoms with E-state index in [0.29, 0.717) is 28.6 Å². The lowest BCUT2D eigenvalue weighted by Crippen LogP contribution is -3.00. The standard InChI is InChI=1S/C28H32N4O8S2.ClH/c1-16(33)38-15-23-21-12-17(5-7-19(21)20-8-6-18(13-22(20)23)42-40-39-37)31-26(34)9-10-32-27(35)14-24(28(32)36)41-11-3-4-25(29)30-2;/h5-8,12-13,23-24,37H,3-4,9-11,14-15H2,1-2H3,(H2,29,30)(H,31,34);1H. The van der Waals surface area contributed by atoms with Gasteiger partial charge < -0.3 is 22.5 Å². The molecule has 2 atom stereocenters. The number of imide groups is 1. The average molecular weight is 653 g/mol. The van der Waals surface area contributed by atoms with E-state index in [0.717, 1.165) is 40.7 Å². The van der Waals surface area contributed by atoms with Gasteiger partial charge in [-0.3, -0.25) is 34.8 Å². The highest BCUT2D eigenvalue weighted by molar-refractivity contribution is 8.00. The second-order valence-electron chi connectivity index (χ2n) is 9.76. The number of fused-ring (bicyclic) bond motifs is 3. The number of nitrogens with two attached hydrogens (primary N) is 1. The molecule has 0 spiro atoms. The molecule has 232 valence electrons. The quantitative estimate of drug-likeness (QED) is 0.0283. The number of ether oxygens (including phenoxy) is 1. The van der Waals surface area contributed by atoms with Crippen molar-refractivity contribution in [3.63, 3.8) is 0 Å². The Balaban J connectivity index is 0.00000506. The van der Waals surface area contributed by atoms with Crippen LogP contribution < -0.4 is 28.4 Å². The van der Waals surface area contributed by atoms with Crippen molar-refractivity contribution in [2.75, 3.05) is 31.3 Å². The van der Waals surface area contributed by atoms with Crippen molar-refractivity contribution in [1.82, 2.24) is 4.90 Å². The van der Waals surface area contributed by atoms with Gasteiger partial charge in [-0.15, -0.1) is 16.1 Å². The van der Waals surface area contributed by atoms with Crippen molar-refractivity contribution in [2.24, 2.45) is 5.73 Å². The number of esters is 1. The number of carbonyl (C=O) groups excluding carboxylic acids is 4. The summed E-state index contributed by atoms with van der Waals surface area (Å²) in [4.78, 5) is 54.4. The number of anilines is 1. The number of hydrogen-bond donors (Lipinski definition) is 4. The number of likely N-dealkylation sites (tertiary alicyclic amines) is 1. The fraction of sp³-hybridized carbons (Fsp3) is 0.393. The molecule has 1 fully saturated rings. The molecular formula is C28H33ClN4O8S2. The minimum atomic E-state index is -0.439. The second-order valence-corrected chi connectivity index (χ2v) is 11.8. The van der Waals surface area contributed by atoms with Gasteiger partial charge in [0.25, 0.3) is 0 Å². The first-order valence-electron chi connectivity index (χ1n) is 13.3. The van der Waals surface area contributed by atoms with E-state index >= 15 is 0 Å². The molecule has 12 nitrogen and oxygen atoms in total. The Bertz CT molecular complexity index is 1390. The third-order valence-electron chi connectivity index (χ3n) is 7.01. The SMILES string of the molecule is C[NH+]=C(N)CCCSC1CC(=O)N(CCC(=O)Nc2ccc3c(c2)C(COC(C)=O)c2cc(SOOO)ccc2-3)C1=O.[Cl-]. The molecule has 2 aromatic rings. The number of carbonyl (C=O) groups is 4. The molecule has 0 bridgehead atoms. The molecular weight excluding hydrogens is 620 g/mol. The Labute approximate surface area is 263 Å². The van der Waals surface area contributed by atoms with Crippen molar-refractivity contribution >= 4 is 59.0 Å². The van der Waals surface area contributed by atoms with Crippen LogP contribution in [-0.4, -0.2) is 70.9 Å². The van der Waals surface area contributed by atoms with Crippen molar-refractivity contribution < 1.29 is 55.9 Å². The number of nitrogens with one attached hydrogen (secondary N) is 2. The largest absolute Gasteiger partial charge is 1.00 e.